The second kappa shape index (κ2) is 7.65. The summed E-state index contributed by atoms with van der Waals surface area (Å²) in [5.74, 6) is 0.591. The third kappa shape index (κ3) is 4.50. The Bertz CT molecular complexity index is 436. The second-order valence-electron chi connectivity index (χ2n) is 5.74. The fourth-order valence-corrected chi connectivity index (χ4v) is 2.82. The molecule has 0 aromatic heterocycles. The predicted molar refractivity (Wildman–Crippen MR) is 85.7 cm³/mol. The molecule has 1 aromatic carbocycles. The van der Waals surface area contributed by atoms with Gasteiger partial charge in [0.05, 0.1) is 0 Å². The number of rotatable bonds is 3. The molecule has 1 aliphatic heterocycles. The van der Waals surface area contributed by atoms with E-state index in [1.165, 1.54) is 12.8 Å². The van der Waals surface area contributed by atoms with E-state index in [0.29, 0.717) is 5.92 Å². The zero-order valence-electron chi connectivity index (χ0n) is 12.5. The smallest absolute Gasteiger partial charge is 0.251 e. The Labute approximate surface area is 127 Å². The Morgan fingerprint density at radius 3 is 2.50 bits per heavy atom. The Morgan fingerprint density at radius 1 is 1.30 bits per heavy atom. The number of carbonyl (C=O) groups is 1. The van der Waals surface area contributed by atoms with Gasteiger partial charge in [-0.05, 0) is 64.8 Å². The van der Waals surface area contributed by atoms with E-state index in [1.807, 2.05) is 26.0 Å². The average molecular weight is 297 g/mol. The molecule has 3 nitrogen and oxygen atoms in total. The lowest BCUT2D eigenvalue weighted by atomic mass is 9.92. The number of carbonyl (C=O) groups excluding carboxylic acids is 1. The normalized spacial score (nSPS) is 19.9. The van der Waals surface area contributed by atoms with Crippen molar-refractivity contribution >= 4 is 18.3 Å². The number of hydrogen-bond donors (Lipinski definition) is 2. The van der Waals surface area contributed by atoms with Gasteiger partial charge in [0.25, 0.3) is 5.91 Å². The molecule has 0 bridgehead atoms. The fourth-order valence-electron chi connectivity index (χ4n) is 2.82. The number of hydrogen-bond acceptors (Lipinski definition) is 2. The lowest BCUT2D eigenvalue weighted by Crippen LogP contribution is -2.44. The summed E-state index contributed by atoms with van der Waals surface area (Å²) in [4.78, 5) is 12.3. The lowest BCUT2D eigenvalue weighted by Gasteiger charge is -2.29. The maximum Gasteiger partial charge on any atom is 0.251 e. The Balaban J connectivity index is 0.00000200. The Kier molecular flexibility index (Phi) is 6.50. The van der Waals surface area contributed by atoms with E-state index < -0.39 is 0 Å². The summed E-state index contributed by atoms with van der Waals surface area (Å²) in [6, 6.07) is 6.22. The van der Waals surface area contributed by atoms with Crippen LogP contribution in [0.5, 0.6) is 0 Å². The molecule has 1 aliphatic rings. The van der Waals surface area contributed by atoms with Gasteiger partial charge in [-0.3, -0.25) is 4.79 Å². The van der Waals surface area contributed by atoms with E-state index in [2.05, 4.69) is 23.6 Å². The molecule has 1 saturated heterocycles. The molecule has 0 saturated carbocycles. The van der Waals surface area contributed by atoms with Gasteiger partial charge in [0, 0.05) is 11.6 Å². The van der Waals surface area contributed by atoms with E-state index in [4.69, 9.17) is 0 Å². The molecule has 2 N–H and O–H groups in total. The highest BCUT2D eigenvalue weighted by atomic mass is 35.5. The van der Waals surface area contributed by atoms with Gasteiger partial charge >= 0.3 is 0 Å². The van der Waals surface area contributed by atoms with Crippen LogP contribution in [0.25, 0.3) is 0 Å². The summed E-state index contributed by atoms with van der Waals surface area (Å²) in [7, 11) is 0. The van der Waals surface area contributed by atoms with E-state index in [-0.39, 0.29) is 24.4 Å². The molecule has 1 heterocycles. The van der Waals surface area contributed by atoms with Gasteiger partial charge in [-0.15, -0.1) is 12.4 Å². The van der Waals surface area contributed by atoms with Gasteiger partial charge in [-0.25, -0.2) is 0 Å². The van der Waals surface area contributed by atoms with Crippen molar-refractivity contribution in [1.29, 1.82) is 0 Å². The standard InChI is InChI=1S/C16H24N2O.ClH/c1-11-7-12(2)9-15(8-11)16(19)18-13(3)14-5-4-6-17-10-14;/h7-9,13-14,17H,4-6,10H2,1-3H3,(H,18,19);1H. The molecule has 1 fully saturated rings. The summed E-state index contributed by atoms with van der Waals surface area (Å²) >= 11 is 0. The van der Waals surface area contributed by atoms with Crippen LogP contribution < -0.4 is 10.6 Å². The maximum absolute atomic E-state index is 12.3. The first-order valence-electron chi connectivity index (χ1n) is 7.16. The molecule has 4 heteroatoms. The number of amides is 1. The topological polar surface area (TPSA) is 41.1 Å². The van der Waals surface area contributed by atoms with Crippen molar-refractivity contribution in [2.75, 3.05) is 13.1 Å². The summed E-state index contributed by atoms with van der Waals surface area (Å²) in [6.45, 7) is 8.28. The van der Waals surface area contributed by atoms with Crippen molar-refractivity contribution in [3.63, 3.8) is 0 Å². The van der Waals surface area contributed by atoms with E-state index >= 15 is 0 Å². The average Bonchev–Trinajstić information content (AvgIpc) is 2.38. The van der Waals surface area contributed by atoms with Crippen molar-refractivity contribution in [3.8, 4) is 0 Å². The molecule has 20 heavy (non-hydrogen) atoms. The molecular formula is C16H25ClN2O. The maximum atomic E-state index is 12.3. The van der Waals surface area contributed by atoms with Gasteiger partial charge in [0.1, 0.15) is 0 Å². The highest BCUT2D eigenvalue weighted by molar-refractivity contribution is 5.94. The van der Waals surface area contributed by atoms with Crippen LogP contribution in [0.1, 0.15) is 41.3 Å². The molecule has 2 unspecified atom stereocenters. The van der Waals surface area contributed by atoms with Crippen molar-refractivity contribution in [1.82, 2.24) is 10.6 Å². The van der Waals surface area contributed by atoms with Crippen LogP contribution in [0.4, 0.5) is 0 Å². The fraction of sp³-hybridized carbons (Fsp3) is 0.562. The van der Waals surface area contributed by atoms with Gasteiger partial charge in [-0.2, -0.15) is 0 Å². The molecular weight excluding hydrogens is 272 g/mol. The van der Waals surface area contributed by atoms with Gasteiger partial charge in [0.15, 0.2) is 0 Å². The van der Waals surface area contributed by atoms with E-state index in [0.717, 1.165) is 29.8 Å². The summed E-state index contributed by atoms with van der Waals surface area (Å²) in [5.41, 5.74) is 3.04. The molecule has 1 aromatic rings. The minimum atomic E-state index is 0. The van der Waals surface area contributed by atoms with E-state index in [1.54, 1.807) is 0 Å². The van der Waals surface area contributed by atoms with Crippen LogP contribution in [-0.4, -0.2) is 25.0 Å². The Hall–Kier alpha value is -1.06. The first kappa shape index (κ1) is 17.0. The predicted octanol–water partition coefficient (Wildman–Crippen LogP) is 2.84. The van der Waals surface area contributed by atoms with Gasteiger partial charge in [0.2, 0.25) is 0 Å². The van der Waals surface area contributed by atoms with Crippen molar-refractivity contribution in [3.05, 3.63) is 34.9 Å². The monoisotopic (exact) mass is 296 g/mol. The van der Waals surface area contributed by atoms with Crippen LogP contribution in [0.3, 0.4) is 0 Å². The first-order chi connectivity index (χ1) is 9.06. The van der Waals surface area contributed by atoms with Crippen LogP contribution in [0, 0.1) is 19.8 Å². The van der Waals surface area contributed by atoms with Crippen LogP contribution in [-0.2, 0) is 0 Å². The zero-order valence-corrected chi connectivity index (χ0v) is 13.3. The van der Waals surface area contributed by atoms with Crippen LogP contribution in [0.2, 0.25) is 0 Å². The highest BCUT2D eigenvalue weighted by Gasteiger charge is 2.21. The number of benzene rings is 1. The van der Waals surface area contributed by atoms with Crippen molar-refractivity contribution in [2.24, 2.45) is 5.92 Å². The minimum Gasteiger partial charge on any atom is -0.349 e. The SMILES string of the molecule is Cc1cc(C)cc(C(=O)NC(C)C2CCCNC2)c1.Cl. The summed E-state index contributed by atoms with van der Waals surface area (Å²) in [6.07, 6.45) is 2.40. The number of halogens is 1. The molecule has 2 atom stereocenters. The minimum absolute atomic E-state index is 0. The number of aryl methyl sites for hydroxylation is 2. The van der Waals surface area contributed by atoms with Crippen molar-refractivity contribution < 1.29 is 4.79 Å². The zero-order chi connectivity index (χ0) is 13.8. The van der Waals surface area contributed by atoms with Gasteiger partial charge in [-0.1, -0.05) is 17.2 Å². The summed E-state index contributed by atoms with van der Waals surface area (Å²) in [5, 5.41) is 6.54. The molecule has 0 aliphatic carbocycles. The van der Waals surface area contributed by atoms with Crippen LogP contribution in [0.15, 0.2) is 18.2 Å². The molecule has 112 valence electrons. The van der Waals surface area contributed by atoms with Crippen molar-refractivity contribution in [2.45, 2.75) is 39.7 Å². The first-order valence-corrected chi connectivity index (χ1v) is 7.16. The van der Waals surface area contributed by atoms with Gasteiger partial charge < -0.3 is 10.6 Å². The third-order valence-corrected chi connectivity index (χ3v) is 3.88. The number of piperidine rings is 1. The summed E-state index contributed by atoms with van der Waals surface area (Å²) < 4.78 is 0. The number of nitrogens with one attached hydrogen (secondary N) is 2. The molecule has 0 spiro atoms. The van der Waals surface area contributed by atoms with Crippen LogP contribution >= 0.6 is 12.4 Å². The Morgan fingerprint density at radius 2 is 1.95 bits per heavy atom. The second-order valence-corrected chi connectivity index (χ2v) is 5.74. The third-order valence-electron chi connectivity index (χ3n) is 3.88. The molecule has 0 radical (unpaired) electrons. The molecule has 1 amide bonds. The largest absolute Gasteiger partial charge is 0.349 e. The van der Waals surface area contributed by atoms with E-state index in [9.17, 15) is 4.79 Å². The molecule has 2 rings (SSSR count). The highest BCUT2D eigenvalue weighted by Crippen LogP contribution is 2.15. The quantitative estimate of drug-likeness (QED) is 0.900. The lowest BCUT2D eigenvalue weighted by molar-refractivity contribution is 0.0921.